The number of benzene rings is 1. The molecule has 1 heterocycles. The fourth-order valence-corrected chi connectivity index (χ4v) is 3.13. The van der Waals surface area contributed by atoms with Crippen molar-refractivity contribution in [2.45, 2.75) is 39.7 Å². The van der Waals surface area contributed by atoms with E-state index in [2.05, 4.69) is 15.8 Å². The molecule has 0 saturated carbocycles. The van der Waals surface area contributed by atoms with Crippen LogP contribution in [0.4, 0.5) is 8.78 Å². The van der Waals surface area contributed by atoms with Crippen LogP contribution in [0.3, 0.4) is 0 Å². The molecule has 0 bridgehead atoms. The largest absolute Gasteiger partial charge is 0.504 e. The predicted molar refractivity (Wildman–Crippen MR) is 117 cm³/mol. The van der Waals surface area contributed by atoms with Crippen LogP contribution in [-0.4, -0.2) is 53.5 Å². The Balaban J connectivity index is 2.43. The van der Waals surface area contributed by atoms with Gasteiger partial charge >= 0.3 is 0 Å². The van der Waals surface area contributed by atoms with E-state index in [0.29, 0.717) is 19.0 Å². The van der Waals surface area contributed by atoms with Gasteiger partial charge in [-0.2, -0.15) is 5.10 Å². The summed E-state index contributed by atoms with van der Waals surface area (Å²) < 4.78 is 32.5. The van der Waals surface area contributed by atoms with Crippen molar-refractivity contribution in [3.8, 4) is 5.75 Å². The lowest BCUT2D eigenvalue weighted by molar-refractivity contribution is -0.127. The summed E-state index contributed by atoms with van der Waals surface area (Å²) in [5, 5.41) is 27.5. The summed E-state index contributed by atoms with van der Waals surface area (Å²) in [5.41, 5.74) is 2.01. The summed E-state index contributed by atoms with van der Waals surface area (Å²) in [7, 11) is 1.23. The Morgan fingerprint density at radius 1 is 1.27 bits per heavy atom. The molecule has 4 N–H and O–H groups in total. The van der Waals surface area contributed by atoms with Gasteiger partial charge in [0.05, 0.1) is 18.9 Å². The van der Waals surface area contributed by atoms with E-state index in [1.165, 1.54) is 12.0 Å². The van der Waals surface area contributed by atoms with E-state index in [1.807, 2.05) is 6.92 Å². The van der Waals surface area contributed by atoms with Crippen LogP contribution in [0, 0.1) is 11.6 Å². The molecule has 1 aromatic rings. The molecule has 2 amide bonds. The van der Waals surface area contributed by atoms with Gasteiger partial charge in [0.2, 0.25) is 0 Å². The molecule has 1 aliphatic rings. The van der Waals surface area contributed by atoms with E-state index >= 15 is 0 Å². The van der Waals surface area contributed by atoms with Gasteiger partial charge in [0.25, 0.3) is 11.8 Å². The normalized spacial score (nSPS) is 17.1. The predicted octanol–water partition coefficient (Wildman–Crippen LogP) is 2.80. The van der Waals surface area contributed by atoms with Crippen LogP contribution < -0.4 is 15.5 Å². The van der Waals surface area contributed by atoms with Crippen molar-refractivity contribution < 1.29 is 33.3 Å². The van der Waals surface area contributed by atoms with Crippen molar-refractivity contribution in [2.24, 2.45) is 5.10 Å². The van der Waals surface area contributed by atoms with Crippen LogP contribution in [0.5, 0.6) is 5.75 Å². The van der Waals surface area contributed by atoms with Crippen LogP contribution >= 0.6 is 0 Å². The first-order chi connectivity index (χ1) is 15.7. The molecule has 0 aromatic heterocycles. The number of hydrogen-bond donors (Lipinski definition) is 4. The van der Waals surface area contributed by atoms with Gasteiger partial charge in [0.1, 0.15) is 29.6 Å². The average molecular weight is 466 g/mol. The molecule has 0 radical (unpaired) electrons. The monoisotopic (exact) mass is 466 g/mol. The minimum Gasteiger partial charge on any atom is -0.504 e. The minimum atomic E-state index is -0.929. The Labute approximate surface area is 190 Å². The third-order valence-electron chi connectivity index (χ3n) is 5.03. The van der Waals surface area contributed by atoms with Gasteiger partial charge in [0, 0.05) is 30.8 Å². The number of unbranched alkanes of at least 4 members (excludes halogenated alkanes) is 1. The summed E-state index contributed by atoms with van der Waals surface area (Å²) in [6, 6.07) is 1.62. The number of hydrogen-bond acceptors (Lipinski definition) is 7. The van der Waals surface area contributed by atoms with Gasteiger partial charge in [-0.05, 0) is 19.8 Å². The van der Waals surface area contributed by atoms with Crippen molar-refractivity contribution in [2.75, 3.05) is 20.3 Å². The quantitative estimate of drug-likeness (QED) is 0.467. The molecular weight excluding hydrogens is 438 g/mol. The highest BCUT2D eigenvalue weighted by atomic mass is 19.1. The third-order valence-corrected chi connectivity index (χ3v) is 5.03. The summed E-state index contributed by atoms with van der Waals surface area (Å²) in [6.45, 7) is 3.60. The van der Waals surface area contributed by atoms with E-state index < -0.39 is 47.1 Å². The number of hydrazone groups is 1. The first kappa shape index (κ1) is 25.6. The maximum Gasteiger partial charge on any atom is 0.257 e. The zero-order chi connectivity index (χ0) is 24.5. The van der Waals surface area contributed by atoms with Crippen LogP contribution in [0.25, 0.3) is 0 Å². The number of amides is 2. The maximum absolute atomic E-state index is 14.2. The number of likely N-dealkylation sites (N-methyl/N-ethyl adjacent to an activating group) is 1. The number of aliphatic hydroxyl groups excluding tert-OH is 2. The number of nitrogens with one attached hydrogen (secondary N) is 2. The Hall–Kier alpha value is -3.63. The molecule has 0 fully saturated rings. The number of rotatable bonds is 8. The molecule has 1 aliphatic heterocycles. The number of ether oxygens (including phenoxy) is 1. The standard InChI is InChI=1S/C22H28F2N4O5/c1-4-6-7-14-19(29)20(30)16(11-26-27-12-28(5-2)22(14)32)21(31)25-10-15-17(24)8-13(23)9-18(15)33-3/h8-9,11,27,29-30H,4-7,10,12H2,1-3H3,(H,25,31)/b19-14-,20-16?,26-11?. The second kappa shape index (κ2) is 11.8. The van der Waals surface area contributed by atoms with Crippen molar-refractivity contribution in [3.05, 3.63) is 52.0 Å². The molecular formula is C22H28F2N4O5. The van der Waals surface area contributed by atoms with Crippen LogP contribution in [0.15, 0.2) is 39.9 Å². The molecule has 11 heteroatoms. The SMILES string of the molecule is CCCC/C1=C(/O)C(O)=C(C(=O)NCc2c(F)cc(F)cc2OC)C=NNCN(CC)C1=O. The minimum absolute atomic E-state index is 0.0163. The summed E-state index contributed by atoms with van der Waals surface area (Å²) in [6.07, 6.45) is 2.48. The number of carbonyl (C=O) groups excluding carboxylic acids is 2. The van der Waals surface area contributed by atoms with Crippen LogP contribution in [-0.2, 0) is 16.1 Å². The molecule has 0 saturated heterocycles. The lowest BCUT2D eigenvalue weighted by Gasteiger charge is -2.23. The smallest absolute Gasteiger partial charge is 0.257 e. The third kappa shape index (κ3) is 6.21. The Bertz CT molecular complexity index is 991. The molecule has 0 atom stereocenters. The van der Waals surface area contributed by atoms with E-state index in [9.17, 15) is 28.6 Å². The fourth-order valence-electron chi connectivity index (χ4n) is 3.13. The van der Waals surface area contributed by atoms with Gasteiger partial charge in [-0.1, -0.05) is 13.3 Å². The number of nitrogens with zero attached hydrogens (tertiary/aromatic N) is 2. The van der Waals surface area contributed by atoms with Gasteiger partial charge < -0.3 is 25.2 Å². The number of aliphatic hydroxyl groups is 2. The van der Waals surface area contributed by atoms with Gasteiger partial charge in [-0.15, -0.1) is 0 Å². The molecule has 0 spiro atoms. The maximum atomic E-state index is 14.2. The van der Waals surface area contributed by atoms with Gasteiger partial charge in [-0.25, -0.2) is 8.78 Å². The lowest BCUT2D eigenvalue weighted by atomic mass is 10.0. The van der Waals surface area contributed by atoms with Crippen LogP contribution in [0.2, 0.25) is 0 Å². The average Bonchev–Trinajstić information content (AvgIpc) is 2.79. The van der Waals surface area contributed by atoms with E-state index in [0.717, 1.165) is 18.7 Å². The van der Waals surface area contributed by atoms with Crippen molar-refractivity contribution in [3.63, 3.8) is 0 Å². The van der Waals surface area contributed by atoms with Gasteiger partial charge in [-0.3, -0.25) is 15.0 Å². The van der Waals surface area contributed by atoms with E-state index in [4.69, 9.17) is 4.74 Å². The lowest BCUT2D eigenvalue weighted by Crippen LogP contribution is -2.39. The van der Waals surface area contributed by atoms with E-state index in [-0.39, 0.29) is 30.0 Å². The van der Waals surface area contributed by atoms with Crippen molar-refractivity contribution in [1.82, 2.24) is 15.6 Å². The topological polar surface area (TPSA) is 123 Å². The first-order valence-corrected chi connectivity index (χ1v) is 10.5. The summed E-state index contributed by atoms with van der Waals surface area (Å²) in [4.78, 5) is 27.0. The Kier molecular flexibility index (Phi) is 9.19. The highest BCUT2D eigenvalue weighted by Gasteiger charge is 2.26. The Morgan fingerprint density at radius 3 is 2.64 bits per heavy atom. The van der Waals surface area contributed by atoms with Crippen molar-refractivity contribution in [1.29, 1.82) is 0 Å². The van der Waals surface area contributed by atoms with E-state index in [1.54, 1.807) is 6.92 Å². The van der Waals surface area contributed by atoms with Gasteiger partial charge in [0.15, 0.2) is 11.5 Å². The Morgan fingerprint density at radius 2 is 2.00 bits per heavy atom. The highest BCUT2D eigenvalue weighted by molar-refractivity contribution is 6.13. The molecule has 2 rings (SSSR count). The molecule has 33 heavy (non-hydrogen) atoms. The van der Waals surface area contributed by atoms with Crippen LogP contribution in [0.1, 0.15) is 38.7 Å². The number of methoxy groups -OCH3 is 1. The number of halogens is 2. The molecule has 1 aromatic carbocycles. The van der Waals surface area contributed by atoms with Crippen molar-refractivity contribution >= 4 is 18.0 Å². The molecule has 180 valence electrons. The number of carbonyl (C=O) groups is 2. The molecule has 9 nitrogen and oxygen atoms in total. The summed E-state index contributed by atoms with van der Waals surface area (Å²) in [5.74, 6) is -4.87. The summed E-state index contributed by atoms with van der Waals surface area (Å²) >= 11 is 0. The molecule has 0 aliphatic carbocycles. The fraction of sp³-hybridized carbons (Fsp3) is 0.409. The second-order valence-corrected chi connectivity index (χ2v) is 7.18. The highest BCUT2D eigenvalue weighted by Crippen LogP contribution is 2.24. The second-order valence-electron chi connectivity index (χ2n) is 7.18. The molecule has 0 unspecified atom stereocenters. The first-order valence-electron chi connectivity index (χ1n) is 10.5. The zero-order valence-corrected chi connectivity index (χ0v) is 18.7. The zero-order valence-electron chi connectivity index (χ0n) is 18.7.